The summed E-state index contributed by atoms with van der Waals surface area (Å²) in [5, 5.41) is 0. The first kappa shape index (κ1) is 12.6. The van der Waals surface area contributed by atoms with E-state index in [0.29, 0.717) is 4.83 Å². The first-order valence-electron chi connectivity index (χ1n) is 5.45. The molecule has 1 atom stereocenters. The molecule has 0 aromatic heterocycles. The Morgan fingerprint density at radius 1 is 1.40 bits per heavy atom. The molecule has 15 heavy (non-hydrogen) atoms. The highest BCUT2D eigenvalue weighted by Crippen LogP contribution is 2.23. The minimum Gasteiger partial charge on any atom is -0.496 e. The zero-order chi connectivity index (χ0) is 11.3. The Kier molecular flexibility index (Phi) is 5.16. The zero-order valence-corrected chi connectivity index (χ0v) is 11.3. The number of hydrogen-bond acceptors (Lipinski definition) is 1. The summed E-state index contributed by atoms with van der Waals surface area (Å²) in [4.78, 5) is 0.614. The third kappa shape index (κ3) is 3.86. The van der Waals surface area contributed by atoms with E-state index in [-0.39, 0.29) is 0 Å². The van der Waals surface area contributed by atoms with Crippen molar-refractivity contribution in [2.75, 3.05) is 7.11 Å². The molecule has 1 rings (SSSR count). The molecule has 0 fully saturated rings. The predicted octanol–water partition coefficient (Wildman–Crippen LogP) is 4.11. The monoisotopic (exact) mass is 270 g/mol. The van der Waals surface area contributed by atoms with Crippen LogP contribution in [-0.4, -0.2) is 11.9 Å². The lowest BCUT2D eigenvalue weighted by Crippen LogP contribution is -2.00. The van der Waals surface area contributed by atoms with Crippen molar-refractivity contribution in [1.29, 1.82) is 0 Å². The second kappa shape index (κ2) is 6.16. The van der Waals surface area contributed by atoms with Gasteiger partial charge in [-0.1, -0.05) is 40.5 Å². The zero-order valence-electron chi connectivity index (χ0n) is 9.72. The topological polar surface area (TPSA) is 9.23 Å². The van der Waals surface area contributed by atoms with Crippen LogP contribution in [0.5, 0.6) is 5.75 Å². The lowest BCUT2D eigenvalue weighted by Gasteiger charge is -2.11. The molecule has 1 aromatic carbocycles. The summed E-state index contributed by atoms with van der Waals surface area (Å²) in [6.07, 6.45) is 3.42. The lowest BCUT2D eigenvalue weighted by molar-refractivity contribution is 0.409. The van der Waals surface area contributed by atoms with Gasteiger partial charge in [0.2, 0.25) is 0 Å². The van der Waals surface area contributed by atoms with Gasteiger partial charge in [0.05, 0.1) is 7.11 Å². The van der Waals surface area contributed by atoms with E-state index < -0.39 is 0 Å². The predicted molar refractivity (Wildman–Crippen MR) is 69.1 cm³/mol. The number of rotatable bonds is 5. The summed E-state index contributed by atoms with van der Waals surface area (Å²) in [5.41, 5.74) is 2.61. The Labute approximate surface area is 101 Å². The third-order valence-corrected chi connectivity index (χ3v) is 3.71. The highest BCUT2D eigenvalue weighted by atomic mass is 79.9. The molecular formula is C13H19BrO. The molecule has 0 saturated heterocycles. The van der Waals surface area contributed by atoms with Crippen molar-refractivity contribution >= 4 is 15.9 Å². The van der Waals surface area contributed by atoms with Crippen LogP contribution in [-0.2, 0) is 6.42 Å². The summed E-state index contributed by atoms with van der Waals surface area (Å²) in [7, 11) is 1.74. The maximum atomic E-state index is 5.35. The number of halogens is 1. The number of aryl methyl sites for hydroxylation is 2. The number of benzene rings is 1. The second-order valence-corrected chi connectivity index (χ2v) is 5.15. The molecule has 1 nitrogen and oxygen atoms in total. The average Bonchev–Trinajstić information content (AvgIpc) is 2.26. The molecule has 0 saturated carbocycles. The molecule has 0 spiro atoms. The third-order valence-electron chi connectivity index (χ3n) is 2.61. The molecule has 0 N–H and O–H groups in total. The molecule has 2 heteroatoms. The van der Waals surface area contributed by atoms with E-state index in [1.54, 1.807) is 7.11 Å². The number of hydrogen-bond donors (Lipinski definition) is 0. The summed E-state index contributed by atoms with van der Waals surface area (Å²) >= 11 is 3.66. The van der Waals surface area contributed by atoms with E-state index in [1.807, 2.05) is 0 Å². The van der Waals surface area contributed by atoms with Crippen LogP contribution in [0.25, 0.3) is 0 Å². The van der Waals surface area contributed by atoms with Crippen LogP contribution in [0.1, 0.15) is 30.9 Å². The normalized spacial score (nSPS) is 12.5. The van der Waals surface area contributed by atoms with E-state index in [2.05, 4.69) is 48.0 Å². The second-order valence-electron chi connectivity index (χ2n) is 3.86. The van der Waals surface area contributed by atoms with Crippen molar-refractivity contribution in [3.05, 3.63) is 29.3 Å². The Bertz CT molecular complexity index is 309. The van der Waals surface area contributed by atoms with E-state index >= 15 is 0 Å². The van der Waals surface area contributed by atoms with Crippen LogP contribution in [0.15, 0.2) is 18.2 Å². The van der Waals surface area contributed by atoms with Gasteiger partial charge in [-0.25, -0.2) is 0 Å². The number of methoxy groups -OCH3 is 1. The first-order chi connectivity index (χ1) is 7.17. The summed E-state index contributed by atoms with van der Waals surface area (Å²) < 4.78 is 5.35. The smallest absolute Gasteiger partial charge is 0.122 e. The van der Waals surface area contributed by atoms with Crippen LogP contribution in [0.2, 0.25) is 0 Å². The van der Waals surface area contributed by atoms with Gasteiger partial charge in [0, 0.05) is 4.83 Å². The molecular weight excluding hydrogens is 252 g/mol. The van der Waals surface area contributed by atoms with Crippen molar-refractivity contribution in [2.45, 2.75) is 37.9 Å². The fourth-order valence-electron chi connectivity index (χ4n) is 1.62. The van der Waals surface area contributed by atoms with Crippen molar-refractivity contribution in [1.82, 2.24) is 0 Å². The molecule has 0 heterocycles. The Balaban J connectivity index is 2.69. The van der Waals surface area contributed by atoms with Gasteiger partial charge < -0.3 is 4.74 Å². The van der Waals surface area contributed by atoms with Gasteiger partial charge in [0.25, 0.3) is 0 Å². The standard InChI is InChI=1S/C13H19BrO/c1-4-12(14)7-6-11-9-10(2)5-8-13(11)15-3/h5,8-9,12H,4,6-7H2,1-3H3. The highest BCUT2D eigenvalue weighted by molar-refractivity contribution is 9.09. The van der Waals surface area contributed by atoms with Gasteiger partial charge in [0.15, 0.2) is 0 Å². The van der Waals surface area contributed by atoms with E-state index in [4.69, 9.17) is 4.74 Å². The molecule has 0 aliphatic heterocycles. The Morgan fingerprint density at radius 3 is 2.73 bits per heavy atom. The van der Waals surface area contributed by atoms with Crippen molar-refractivity contribution in [3.63, 3.8) is 0 Å². The van der Waals surface area contributed by atoms with Crippen LogP contribution >= 0.6 is 15.9 Å². The van der Waals surface area contributed by atoms with E-state index in [9.17, 15) is 0 Å². The van der Waals surface area contributed by atoms with Gasteiger partial charge in [-0.05, 0) is 37.8 Å². The quantitative estimate of drug-likeness (QED) is 0.732. The SMILES string of the molecule is CCC(Br)CCc1cc(C)ccc1OC. The molecule has 0 radical (unpaired) electrons. The number of alkyl halides is 1. The van der Waals surface area contributed by atoms with Crippen LogP contribution in [0.4, 0.5) is 0 Å². The summed E-state index contributed by atoms with van der Waals surface area (Å²) in [6.45, 7) is 4.32. The molecule has 0 amide bonds. The molecule has 0 aliphatic carbocycles. The van der Waals surface area contributed by atoms with Gasteiger partial charge in [-0.3, -0.25) is 0 Å². The van der Waals surface area contributed by atoms with Gasteiger partial charge in [-0.15, -0.1) is 0 Å². The highest BCUT2D eigenvalue weighted by Gasteiger charge is 2.06. The maximum Gasteiger partial charge on any atom is 0.122 e. The molecule has 1 unspecified atom stereocenters. The van der Waals surface area contributed by atoms with E-state index in [1.165, 1.54) is 17.5 Å². The minimum atomic E-state index is 0.614. The summed E-state index contributed by atoms with van der Waals surface area (Å²) in [6, 6.07) is 6.36. The number of ether oxygens (including phenoxy) is 1. The van der Waals surface area contributed by atoms with Crippen molar-refractivity contribution < 1.29 is 4.74 Å². The maximum absolute atomic E-state index is 5.35. The Morgan fingerprint density at radius 2 is 2.13 bits per heavy atom. The Hall–Kier alpha value is -0.500. The molecule has 0 bridgehead atoms. The minimum absolute atomic E-state index is 0.614. The van der Waals surface area contributed by atoms with Crippen molar-refractivity contribution in [2.24, 2.45) is 0 Å². The fourth-order valence-corrected chi connectivity index (χ4v) is 1.85. The lowest BCUT2D eigenvalue weighted by atomic mass is 10.0. The largest absolute Gasteiger partial charge is 0.496 e. The molecule has 84 valence electrons. The van der Waals surface area contributed by atoms with Crippen molar-refractivity contribution in [3.8, 4) is 5.75 Å². The van der Waals surface area contributed by atoms with Gasteiger partial charge in [-0.2, -0.15) is 0 Å². The first-order valence-corrected chi connectivity index (χ1v) is 6.36. The average molecular weight is 271 g/mol. The molecule has 0 aliphatic rings. The van der Waals surface area contributed by atoms with Gasteiger partial charge >= 0.3 is 0 Å². The molecule has 1 aromatic rings. The van der Waals surface area contributed by atoms with Gasteiger partial charge in [0.1, 0.15) is 5.75 Å². The van der Waals surface area contributed by atoms with Crippen LogP contribution < -0.4 is 4.74 Å². The van der Waals surface area contributed by atoms with E-state index in [0.717, 1.165) is 18.6 Å². The fraction of sp³-hybridized carbons (Fsp3) is 0.538. The summed E-state index contributed by atoms with van der Waals surface area (Å²) in [5.74, 6) is 1.01. The van der Waals surface area contributed by atoms with Crippen LogP contribution in [0.3, 0.4) is 0 Å². The van der Waals surface area contributed by atoms with Crippen LogP contribution in [0, 0.1) is 6.92 Å².